The number of hydrogen-bond donors (Lipinski definition) is 0. The number of aryl methyl sites for hydroxylation is 4. The molecule has 0 aromatic heterocycles. The summed E-state index contributed by atoms with van der Waals surface area (Å²) in [5.74, 6) is 0. The predicted molar refractivity (Wildman–Crippen MR) is 413 cm³/mol. The number of allylic oxidation sites excluding steroid dienone is 2. The van der Waals surface area contributed by atoms with Crippen molar-refractivity contribution in [2.45, 2.75) is 470 Å². The van der Waals surface area contributed by atoms with Gasteiger partial charge in [0.25, 0.3) is 0 Å². The van der Waals surface area contributed by atoms with Gasteiger partial charge in [-0.15, -0.1) is 0 Å². The van der Waals surface area contributed by atoms with E-state index in [9.17, 15) is 5.53 Å². The van der Waals surface area contributed by atoms with Crippen molar-refractivity contribution in [1.29, 1.82) is 0 Å². The minimum Gasteiger partial charge on any atom is -0.493 e. The summed E-state index contributed by atoms with van der Waals surface area (Å²) in [5.41, 5.74) is 23.3. The van der Waals surface area contributed by atoms with E-state index in [-0.39, 0.29) is 0 Å². The van der Waals surface area contributed by atoms with Crippen molar-refractivity contribution < 1.29 is 19.1 Å². The quantitative estimate of drug-likeness (QED) is 0.0358. The third-order valence-electron chi connectivity index (χ3n) is 20.3. The molecule has 2 aromatic rings. The van der Waals surface area contributed by atoms with Crippen LogP contribution < -0.4 is 0 Å². The van der Waals surface area contributed by atoms with Gasteiger partial charge >= 0.3 is 166 Å². The van der Waals surface area contributed by atoms with Crippen LogP contribution in [0.5, 0.6) is 0 Å². The second-order valence-corrected chi connectivity index (χ2v) is 31.0. The monoisotopic (exact) mass is 1320 g/mol. The Morgan fingerprint density at radius 3 is 0.674 bits per heavy atom. The topological polar surface area (TPSA) is 25.3 Å². The predicted octanol–water partition coefficient (Wildman–Crippen LogP) is 32.1. The van der Waals surface area contributed by atoms with Crippen molar-refractivity contribution in [2.24, 2.45) is 0 Å². The molecule has 2 nitrogen and oxygen atoms in total. The van der Waals surface area contributed by atoms with Crippen molar-refractivity contribution in [3.8, 4) is 0 Å². The van der Waals surface area contributed by atoms with E-state index in [0.29, 0.717) is 0 Å². The fourth-order valence-electron chi connectivity index (χ4n) is 14.2. The van der Waals surface area contributed by atoms with Crippen LogP contribution in [-0.2, 0) is 40.1 Å². The molecule has 0 bridgehead atoms. The first kappa shape index (κ1) is 86.1. The van der Waals surface area contributed by atoms with Crippen LogP contribution in [0.3, 0.4) is 0 Å². The maximum atomic E-state index is 12.1. The summed E-state index contributed by atoms with van der Waals surface area (Å²) in [6.45, 7) is 16.0. The van der Waals surface area contributed by atoms with Crippen molar-refractivity contribution in [3.63, 3.8) is 0 Å². The van der Waals surface area contributed by atoms with Crippen LogP contribution in [0.2, 0.25) is 10.8 Å². The zero-order valence-corrected chi connectivity index (χ0v) is 64.4. The Hall–Kier alpha value is -1.99. The second-order valence-electron chi connectivity index (χ2n) is 29.5. The molecule has 2 aromatic carbocycles. The van der Waals surface area contributed by atoms with E-state index in [1.807, 2.05) is 14.4 Å². The smallest absolute Gasteiger partial charge is 0.493 e. The van der Waals surface area contributed by atoms with Crippen molar-refractivity contribution >= 4 is 11.4 Å². The molecular weight excluding hydrogens is 1160 g/mol. The molecule has 0 unspecified atom stereocenters. The maximum absolute atomic E-state index is 12.1. The minimum absolute atomic E-state index is 0.944. The number of hydrogen-bond acceptors (Lipinski definition) is 0. The zero-order chi connectivity index (χ0) is 66.1. The molecule has 92 heavy (non-hydrogen) atoms. The van der Waals surface area contributed by atoms with Gasteiger partial charge in [-0.2, -0.15) is 0 Å². The van der Waals surface area contributed by atoms with Crippen LogP contribution in [-0.4, -0.2) is 4.70 Å². The average Bonchev–Trinajstić information content (AvgIpc) is 1.62. The second kappa shape index (κ2) is 66.3. The number of nitrogens with zero attached hydrogens (tertiary/aromatic N) is 2. The van der Waals surface area contributed by atoms with Gasteiger partial charge in [0.15, 0.2) is 0 Å². The first-order chi connectivity index (χ1) is 45.4. The van der Waals surface area contributed by atoms with E-state index in [0.717, 1.165) is 37.1 Å². The van der Waals surface area contributed by atoms with Crippen LogP contribution >= 0.6 is 0 Å². The van der Waals surface area contributed by atoms with E-state index in [1.54, 1.807) is 4.70 Å². The Labute approximate surface area is 584 Å². The Kier molecular flexibility index (Phi) is 62.0. The molecule has 0 spiro atoms. The van der Waals surface area contributed by atoms with Crippen LogP contribution in [0.15, 0.2) is 48.0 Å². The summed E-state index contributed by atoms with van der Waals surface area (Å²) in [7, 11) is 0. The molecule has 3 rings (SSSR count). The normalized spacial score (nSPS) is 12.5. The summed E-state index contributed by atoms with van der Waals surface area (Å²) < 4.78 is 1.54. The molecule has 1 aliphatic rings. The van der Waals surface area contributed by atoms with Gasteiger partial charge in [-0.05, 0) is 105 Å². The molecule has 1 aliphatic heterocycles. The Morgan fingerprint density at radius 1 is 0.250 bits per heavy atom. The Balaban J connectivity index is 0.000000680. The molecule has 3 heteroatoms. The van der Waals surface area contributed by atoms with Crippen LogP contribution in [0.4, 0.5) is 0 Å². The van der Waals surface area contributed by atoms with E-state index < -0.39 is 0 Å². The van der Waals surface area contributed by atoms with E-state index in [1.165, 1.54) is 435 Å². The molecule has 0 fully saturated rings. The SMILES string of the molecule is CCCCCCCCCCCCCCCCC[CH2][Ni][CH2]CCCCCCCCCCCCCCCCC.CCCCCCCCCCc1cc(CCCCCCCCCC)cc(C2=C(C)C=C(c3cc(CCCCCCCC)cc(CCCCCCCC)c3)[N+]2=[N-])c1. The van der Waals surface area contributed by atoms with Gasteiger partial charge < -0.3 is 5.53 Å². The molecule has 0 aliphatic carbocycles. The van der Waals surface area contributed by atoms with Crippen molar-refractivity contribution in [1.82, 2.24) is 0 Å². The Bertz CT molecular complexity index is 1880. The number of benzene rings is 2. The van der Waals surface area contributed by atoms with Crippen LogP contribution in [0.1, 0.15) is 467 Å². The third kappa shape index (κ3) is 49.5. The van der Waals surface area contributed by atoms with Gasteiger partial charge in [0.05, 0.1) is 0 Å². The molecule has 1 heterocycles. The van der Waals surface area contributed by atoms with Gasteiger partial charge in [0.2, 0.25) is 11.4 Å². The minimum atomic E-state index is 0.944. The summed E-state index contributed by atoms with van der Waals surface area (Å²) in [4.78, 5) is 0. The molecule has 536 valence electrons. The third-order valence-corrected chi connectivity index (χ3v) is 21.7. The fraction of sp³-hybridized carbons (Fsp3) is 0.820. The van der Waals surface area contributed by atoms with Gasteiger partial charge in [-0.25, -0.2) is 4.70 Å². The van der Waals surface area contributed by atoms with Crippen LogP contribution in [0.25, 0.3) is 16.9 Å². The summed E-state index contributed by atoms with van der Waals surface area (Å²) in [5, 5.41) is 2.87. The van der Waals surface area contributed by atoms with Gasteiger partial charge in [-0.3, -0.25) is 0 Å². The number of rotatable bonds is 68. The van der Waals surface area contributed by atoms with Gasteiger partial charge in [0.1, 0.15) is 0 Å². The van der Waals surface area contributed by atoms with E-state index in [2.05, 4.69) is 90.9 Å². The zero-order valence-electron chi connectivity index (χ0n) is 63.4. The van der Waals surface area contributed by atoms with Crippen molar-refractivity contribution in [3.05, 3.63) is 87.0 Å². The molecule has 0 saturated heterocycles. The molecule has 0 saturated carbocycles. The molecule has 0 amide bonds. The fourth-order valence-corrected chi connectivity index (χ4v) is 15.4. The molecule has 0 atom stereocenters. The Morgan fingerprint density at radius 2 is 0.446 bits per heavy atom. The number of unbranched alkanes of at least 4 members (excludes halogenated alkanes) is 54. The molecular formula is C89H160N2Ni. The first-order valence-electron chi connectivity index (χ1n) is 42.0. The summed E-state index contributed by atoms with van der Waals surface area (Å²) in [6, 6.07) is 14.5. The van der Waals surface area contributed by atoms with Crippen molar-refractivity contribution in [2.75, 3.05) is 0 Å². The van der Waals surface area contributed by atoms with E-state index >= 15 is 0 Å². The van der Waals surface area contributed by atoms with Gasteiger partial charge in [-0.1, -0.05) is 272 Å². The molecule has 0 radical (unpaired) electrons. The van der Waals surface area contributed by atoms with Gasteiger partial charge in [0, 0.05) is 22.8 Å². The average molecular weight is 1320 g/mol. The van der Waals surface area contributed by atoms with Crippen LogP contribution in [0, 0.1) is 0 Å². The standard InChI is InChI=1S/C53H86N2.2C18H37.Ni/c1-6-10-14-18-22-24-28-32-36-48-40-49(37-33-29-25-23-19-15-11-7-2)44-51(43-48)53-45(5)38-52(55(53)54)50-41-46(34-30-26-20-16-12-8-3)39-47(42-50)35-31-27-21-17-13-9-4;2*1-3-5-7-9-11-13-15-17-18-16-14-12-10-8-6-4-2;/h38-44H,6-37H2,1-5H3;2*1,3-18H2,2H3;. The first-order valence-corrected chi connectivity index (χ1v) is 43.4. The summed E-state index contributed by atoms with van der Waals surface area (Å²) >= 11 is 2.04. The summed E-state index contributed by atoms with van der Waals surface area (Å²) in [6.07, 6.45) is 91.5. The van der Waals surface area contributed by atoms with E-state index in [4.69, 9.17) is 0 Å². The molecule has 0 N–H and O–H groups in total.